The number of amides is 2. The Balaban J connectivity index is 1.65. The van der Waals surface area contributed by atoms with E-state index in [1.54, 1.807) is 16.6 Å². The van der Waals surface area contributed by atoms with Gasteiger partial charge in [-0.1, -0.05) is 11.6 Å². The summed E-state index contributed by atoms with van der Waals surface area (Å²) in [6.07, 6.45) is 3.65. The van der Waals surface area contributed by atoms with Crippen LogP contribution in [0, 0.1) is 13.8 Å². The van der Waals surface area contributed by atoms with Crippen LogP contribution in [-0.4, -0.2) is 32.9 Å². The van der Waals surface area contributed by atoms with Crippen molar-refractivity contribution in [1.82, 2.24) is 19.8 Å². The second kappa shape index (κ2) is 6.06. The monoisotopic (exact) mass is 317 g/mol. The molecule has 1 fully saturated rings. The predicted molar refractivity (Wildman–Crippen MR) is 86.3 cm³/mol. The van der Waals surface area contributed by atoms with Crippen LogP contribution in [-0.2, 0) is 13.6 Å². The average molecular weight is 317 g/mol. The molecule has 1 saturated carbocycles. The van der Waals surface area contributed by atoms with Crippen molar-refractivity contribution >= 4 is 11.8 Å². The summed E-state index contributed by atoms with van der Waals surface area (Å²) in [5, 5.41) is 11.3. The zero-order valence-electron chi connectivity index (χ0n) is 14.1. The minimum Gasteiger partial charge on any atom is -0.361 e. The van der Waals surface area contributed by atoms with Gasteiger partial charge in [-0.2, -0.15) is 5.10 Å². The summed E-state index contributed by atoms with van der Waals surface area (Å²) in [4.78, 5) is 14.0. The van der Waals surface area contributed by atoms with Gasteiger partial charge in [-0.05, 0) is 26.7 Å². The van der Waals surface area contributed by atoms with Crippen LogP contribution in [0.5, 0.6) is 0 Å². The molecule has 0 spiro atoms. The number of urea groups is 1. The highest BCUT2D eigenvalue weighted by Crippen LogP contribution is 2.36. The fourth-order valence-corrected chi connectivity index (χ4v) is 2.75. The molecule has 2 aromatic heterocycles. The molecule has 3 rings (SSSR count). The van der Waals surface area contributed by atoms with E-state index in [0.29, 0.717) is 12.5 Å². The minimum absolute atomic E-state index is 0.173. The molecule has 7 heteroatoms. The van der Waals surface area contributed by atoms with E-state index < -0.39 is 0 Å². The first-order valence-corrected chi connectivity index (χ1v) is 7.93. The van der Waals surface area contributed by atoms with E-state index in [4.69, 9.17) is 4.52 Å². The Bertz CT molecular complexity index is 695. The summed E-state index contributed by atoms with van der Waals surface area (Å²) in [7, 11) is 3.61. The van der Waals surface area contributed by atoms with Gasteiger partial charge in [0.05, 0.1) is 17.9 Å². The molecule has 2 amide bonds. The van der Waals surface area contributed by atoms with E-state index in [9.17, 15) is 4.79 Å². The lowest BCUT2D eigenvalue weighted by molar-refractivity contribution is 0.220. The molecule has 0 bridgehead atoms. The molecule has 0 atom stereocenters. The molecule has 7 nitrogen and oxygen atoms in total. The van der Waals surface area contributed by atoms with Crippen molar-refractivity contribution in [3.63, 3.8) is 0 Å². The van der Waals surface area contributed by atoms with Crippen LogP contribution in [0.1, 0.15) is 47.9 Å². The Labute approximate surface area is 135 Å². The SMILES string of the molecule is Cc1noc(C)c1CN(C)C(=O)Nc1cc(C2CCC2)nn1C. The van der Waals surface area contributed by atoms with Gasteiger partial charge in [0.2, 0.25) is 0 Å². The molecular formula is C16H23N5O2. The Morgan fingerprint density at radius 3 is 2.78 bits per heavy atom. The second-order valence-electron chi connectivity index (χ2n) is 6.29. The summed E-state index contributed by atoms with van der Waals surface area (Å²) in [5.74, 6) is 2.02. The number of carbonyl (C=O) groups excluding carboxylic acids is 1. The van der Waals surface area contributed by atoms with E-state index in [1.165, 1.54) is 19.3 Å². The van der Waals surface area contributed by atoms with Gasteiger partial charge in [0, 0.05) is 31.6 Å². The van der Waals surface area contributed by atoms with E-state index in [2.05, 4.69) is 15.6 Å². The first-order valence-electron chi connectivity index (χ1n) is 7.93. The summed E-state index contributed by atoms with van der Waals surface area (Å²) in [6, 6.07) is 1.80. The molecule has 2 heterocycles. The summed E-state index contributed by atoms with van der Waals surface area (Å²) < 4.78 is 6.87. The molecular weight excluding hydrogens is 294 g/mol. The van der Waals surface area contributed by atoms with Gasteiger partial charge in [0.15, 0.2) is 0 Å². The van der Waals surface area contributed by atoms with Crippen molar-refractivity contribution in [2.45, 2.75) is 45.6 Å². The Morgan fingerprint density at radius 1 is 1.48 bits per heavy atom. The number of aryl methyl sites for hydroxylation is 3. The normalized spacial score (nSPS) is 14.6. The summed E-state index contributed by atoms with van der Waals surface area (Å²) in [5.41, 5.74) is 2.83. The molecule has 2 aromatic rings. The number of aromatic nitrogens is 3. The van der Waals surface area contributed by atoms with Crippen LogP contribution >= 0.6 is 0 Å². The third-order valence-corrected chi connectivity index (χ3v) is 4.58. The van der Waals surface area contributed by atoms with Crippen LogP contribution in [0.4, 0.5) is 10.6 Å². The molecule has 0 saturated heterocycles. The molecule has 1 aliphatic carbocycles. The van der Waals surface area contributed by atoms with E-state index in [1.807, 2.05) is 27.0 Å². The molecule has 1 N–H and O–H groups in total. The van der Waals surface area contributed by atoms with Crippen molar-refractivity contribution in [3.8, 4) is 0 Å². The van der Waals surface area contributed by atoms with Gasteiger partial charge in [-0.25, -0.2) is 4.79 Å². The van der Waals surface area contributed by atoms with Crippen molar-refractivity contribution in [1.29, 1.82) is 0 Å². The highest BCUT2D eigenvalue weighted by molar-refractivity contribution is 5.88. The maximum Gasteiger partial charge on any atom is 0.323 e. The third-order valence-electron chi connectivity index (χ3n) is 4.58. The zero-order valence-corrected chi connectivity index (χ0v) is 14.1. The predicted octanol–water partition coefficient (Wildman–Crippen LogP) is 2.96. The molecule has 0 aromatic carbocycles. The number of rotatable bonds is 4. The van der Waals surface area contributed by atoms with Crippen molar-refractivity contribution < 1.29 is 9.32 Å². The topological polar surface area (TPSA) is 76.2 Å². The van der Waals surface area contributed by atoms with Crippen LogP contribution in [0.15, 0.2) is 10.6 Å². The highest BCUT2D eigenvalue weighted by atomic mass is 16.5. The van der Waals surface area contributed by atoms with Gasteiger partial charge in [0.1, 0.15) is 11.6 Å². The maximum absolute atomic E-state index is 12.4. The molecule has 1 aliphatic rings. The first kappa shape index (κ1) is 15.6. The third kappa shape index (κ3) is 3.09. The van der Waals surface area contributed by atoms with Gasteiger partial charge < -0.3 is 9.42 Å². The minimum atomic E-state index is -0.173. The number of hydrogen-bond acceptors (Lipinski definition) is 4. The standard InChI is InChI=1S/C16H23N5O2/c1-10-13(11(2)23-19-10)9-20(3)16(22)17-15-8-14(18-21(15)4)12-6-5-7-12/h8,12H,5-7,9H2,1-4H3,(H,17,22). The molecule has 0 unspecified atom stereocenters. The Morgan fingerprint density at radius 2 is 2.22 bits per heavy atom. The first-order chi connectivity index (χ1) is 11.0. The summed E-state index contributed by atoms with van der Waals surface area (Å²) in [6.45, 7) is 4.19. The van der Waals surface area contributed by atoms with E-state index >= 15 is 0 Å². The lowest BCUT2D eigenvalue weighted by Crippen LogP contribution is -2.31. The molecule has 0 aliphatic heterocycles. The number of carbonyl (C=O) groups is 1. The summed E-state index contributed by atoms with van der Waals surface area (Å²) >= 11 is 0. The Kier molecular flexibility index (Phi) is 4.11. The number of anilines is 1. The number of nitrogens with one attached hydrogen (secondary N) is 1. The van der Waals surface area contributed by atoms with Crippen molar-refractivity contribution in [3.05, 3.63) is 28.8 Å². The van der Waals surface area contributed by atoms with E-state index in [0.717, 1.165) is 28.5 Å². The number of nitrogens with zero attached hydrogens (tertiary/aromatic N) is 4. The quantitative estimate of drug-likeness (QED) is 0.940. The number of hydrogen-bond donors (Lipinski definition) is 1. The van der Waals surface area contributed by atoms with Gasteiger partial charge in [-0.15, -0.1) is 0 Å². The lowest BCUT2D eigenvalue weighted by Gasteiger charge is -2.22. The maximum atomic E-state index is 12.4. The van der Waals surface area contributed by atoms with Crippen molar-refractivity contribution in [2.75, 3.05) is 12.4 Å². The van der Waals surface area contributed by atoms with E-state index in [-0.39, 0.29) is 6.03 Å². The molecule has 0 radical (unpaired) electrons. The fourth-order valence-electron chi connectivity index (χ4n) is 2.75. The van der Waals surface area contributed by atoms with Crippen LogP contribution in [0.2, 0.25) is 0 Å². The van der Waals surface area contributed by atoms with Crippen LogP contribution in [0.25, 0.3) is 0 Å². The van der Waals surface area contributed by atoms with Crippen LogP contribution < -0.4 is 5.32 Å². The van der Waals surface area contributed by atoms with Gasteiger partial charge >= 0.3 is 6.03 Å². The zero-order chi connectivity index (χ0) is 16.6. The highest BCUT2D eigenvalue weighted by Gasteiger charge is 2.24. The second-order valence-corrected chi connectivity index (χ2v) is 6.29. The molecule has 124 valence electrons. The van der Waals surface area contributed by atoms with Crippen LogP contribution in [0.3, 0.4) is 0 Å². The van der Waals surface area contributed by atoms with Gasteiger partial charge in [-0.3, -0.25) is 10.00 Å². The smallest absolute Gasteiger partial charge is 0.323 e. The van der Waals surface area contributed by atoms with Crippen molar-refractivity contribution in [2.24, 2.45) is 7.05 Å². The Hall–Kier alpha value is -2.31. The largest absolute Gasteiger partial charge is 0.361 e. The fraction of sp³-hybridized carbons (Fsp3) is 0.562. The lowest BCUT2D eigenvalue weighted by atomic mass is 9.83. The average Bonchev–Trinajstić information content (AvgIpc) is 2.94. The van der Waals surface area contributed by atoms with Gasteiger partial charge in [0.25, 0.3) is 0 Å². The molecule has 23 heavy (non-hydrogen) atoms.